The Balaban J connectivity index is 1.69. The third kappa shape index (κ3) is 4.48. The zero-order chi connectivity index (χ0) is 17.6. The molecule has 0 spiro atoms. The van der Waals surface area contributed by atoms with Crippen LogP contribution in [0.5, 0.6) is 0 Å². The first-order valence-electron chi connectivity index (χ1n) is 8.62. The van der Waals surface area contributed by atoms with E-state index in [0.717, 1.165) is 31.7 Å². The third-order valence-corrected chi connectivity index (χ3v) is 4.61. The number of likely N-dealkylation sites (N-methyl/N-ethyl adjacent to an activating group) is 1. The van der Waals surface area contributed by atoms with Gasteiger partial charge in [0.1, 0.15) is 17.9 Å². The Morgan fingerprint density at radius 1 is 1.16 bits per heavy atom. The topological polar surface area (TPSA) is 69.0 Å². The van der Waals surface area contributed by atoms with Gasteiger partial charge in [-0.3, -0.25) is 9.69 Å². The average Bonchev–Trinajstić information content (AvgIpc) is 3.17. The average molecular weight is 343 g/mol. The number of furan rings is 1. The molecule has 2 heterocycles. The van der Waals surface area contributed by atoms with Gasteiger partial charge >= 0.3 is 0 Å². The van der Waals surface area contributed by atoms with Gasteiger partial charge in [-0.25, -0.2) is 0 Å². The lowest BCUT2D eigenvalue weighted by atomic mass is 10.0. The maximum atomic E-state index is 12.9. The van der Waals surface area contributed by atoms with Crippen molar-refractivity contribution < 1.29 is 14.3 Å². The highest BCUT2D eigenvalue weighted by Crippen LogP contribution is 2.22. The van der Waals surface area contributed by atoms with E-state index in [9.17, 15) is 9.90 Å². The Kier molecular flexibility index (Phi) is 5.86. The predicted molar refractivity (Wildman–Crippen MR) is 94.9 cm³/mol. The minimum Gasteiger partial charge on any atom is -0.467 e. The molecule has 1 aromatic carbocycles. The first-order valence-corrected chi connectivity index (χ1v) is 8.62. The number of aliphatic hydroxyl groups is 1. The van der Waals surface area contributed by atoms with Gasteiger partial charge < -0.3 is 19.7 Å². The van der Waals surface area contributed by atoms with Crippen LogP contribution in [0.4, 0.5) is 0 Å². The molecule has 3 rings (SSSR count). The van der Waals surface area contributed by atoms with E-state index >= 15 is 0 Å². The molecule has 2 N–H and O–H groups in total. The number of carbonyl (C=O) groups excluding carboxylic acids is 1. The fourth-order valence-corrected chi connectivity index (χ4v) is 3.12. The van der Waals surface area contributed by atoms with Gasteiger partial charge in [0.2, 0.25) is 5.91 Å². The number of nitrogens with one attached hydrogen (secondary N) is 1. The van der Waals surface area contributed by atoms with Crippen molar-refractivity contribution in [2.45, 2.75) is 12.1 Å². The van der Waals surface area contributed by atoms with Gasteiger partial charge in [0, 0.05) is 26.2 Å². The first-order chi connectivity index (χ1) is 12.1. The van der Waals surface area contributed by atoms with Gasteiger partial charge in [-0.1, -0.05) is 30.3 Å². The standard InChI is InChI=1S/C19H25N3O3/c1-21-9-11-22(12-10-21)18(15-6-3-2-4-7-15)19(24)20-14-16(23)17-8-5-13-25-17/h2-8,13,16,18,23H,9-12,14H2,1H3,(H,20,24). The first kappa shape index (κ1) is 17.7. The van der Waals surface area contributed by atoms with Crippen LogP contribution in [0.3, 0.4) is 0 Å². The number of piperazine rings is 1. The van der Waals surface area contributed by atoms with Crippen molar-refractivity contribution in [2.75, 3.05) is 39.8 Å². The highest BCUT2D eigenvalue weighted by atomic mass is 16.4. The van der Waals surface area contributed by atoms with Crippen LogP contribution in [0.25, 0.3) is 0 Å². The molecule has 0 radical (unpaired) electrons. The predicted octanol–water partition coefficient (Wildman–Crippen LogP) is 1.42. The van der Waals surface area contributed by atoms with E-state index in [2.05, 4.69) is 22.2 Å². The molecule has 1 aromatic heterocycles. The highest BCUT2D eigenvalue weighted by Gasteiger charge is 2.30. The number of nitrogens with zero attached hydrogens (tertiary/aromatic N) is 2. The van der Waals surface area contributed by atoms with Crippen LogP contribution in [0.15, 0.2) is 53.1 Å². The molecule has 1 fully saturated rings. The minimum atomic E-state index is -0.845. The van der Waals surface area contributed by atoms with Crippen LogP contribution in [-0.4, -0.2) is 60.6 Å². The summed E-state index contributed by atoms with van der Waals surface area (Å²) in [6, 6.07) is 12.9. The van der Waals surface area contributed by atoms with Crippen LogP contribution >= 0.6 is 0 Å². The summed E-state index contributed by atoms with van der Waals surface area (Å²) in [4.78, 5) is 17.3. The van der Waals surface area contributed by atoms with Crippen molar-refractivity contribution in [1.29, 1.82) is 0 Å². The summed E-state index contributed by atoms with van der Waals surface area (Å²) in [5.41, 5.74) is 0.969. The Bertz CT molecular complexity index is 652. The summed E-state index contributed by atoms with van der Waals surface area (Å²) in [7, 11) is 2.09. The third-order valence-electron chi connectivity index (χ3n) is 4.61. The second kappa shape index (κ2) is 8.29. The van der Waals surface area contributed by atoms with Crippen LogP contribution in [0, 0.1) is 0 Å². The molecule has 1 amide bonds. The Hall–Kier alpha value is -2.15. The maximum Gasteiger partial charge on any atom is 0.242 e. The monoisotopic (exact) mass is 343 g/mol. The number of rotatable bonds is 6. The number of benzene rings is 1. The number of hydrogen-bond donors (Lipinski definition) is 2. The van der Waals surface area contributed by atoms with Crippen molar-refractivity contribution in [1.82, 2.24) is 15.1 Å². The van der Waals surface area contributed by atoms with Crippen LogP contribution in [0.2, 0.25) is 0 Å². The van der Waals surface area contributed by atoms with E-state index in [1.807, 2.05) is 30.3 Å². The van der Waals surface area contributed by atoms with Crippen molar-refractivity contribution in [2.24, 2.45) is 0 Å². The smallest absolute Gasteiger partial charge is 0.242 e. The fourth-order valence-electron chi connectivity index (χ4n) is 3.12. The Morgan fingerprint density at radius 3 is 2.52 bits per heavy atom. The number of amides is 1. The molecule has 6 nitrogen and oxygen atoms in total. The minimum absolute atomic E-state index is 0.0960. The van der Waals surface area contributed by atoms with Crippen LogP contribution in [-0.2, 0) is 4.79 Å². The van der Waals surface area contributed by atoms with Crippen molar-refractivity contribution in [3.8, 4) is 0 Å². The molecule has 1 aliphatic heterocycles. The van der Waals surface area contributed by atoms with Gasteiger partial charge in [-0.05, 0) is 24.7 Å². The zero-order valence-corrected chi connectivity index (χ0v) is 14.5. The van der Waals surface area contributed by atoms with E-state index in [0.29, 0.717) is 5.76 Å². The van der Waals surface area contributed by atoms with Gasteiger partial charge in [-0.2, -0.15) is 0 Å². The normalized spacial score (nSPS) is 18.6. The Labute approximate surface area is 148 Å². The highest BCUT2D eigenvalue weighted by molar-refractivity contribution is 5.83. The Morgan fingerprint density at radius 2 is 1.88 bits per heavy atom. The fraction of sp³-hybridized carbons (Fsp3) is 0.421. The second-order valence-electron chi connectivity index (χ2n) is 6.43. The molecular formula is C19H25N3O3. The summed E-state index contributed by atoms with van der Waals surface area (Å²) in [6.07, 6.45) is 0.667. The van der Waals surface area contributed by atoms with E-state index in [4.69, 9.17) is 4.42 Å². The van der Waals surface area contributed by atoms with Crippen LogP contribution in [0.1, 0.15) is 23.5 Å². The molecule has 1 saturated heterocycles. The van der Waals surface area contributed by atoms with E-state index in [1.165, 1.54) is 6.26 Å². The molecule has 2 atom stereocenters. The zero-order valence-electron chi connectivity index (χ0n) is 14.5. The molecule has 25 heavy (non-hydrogen) atoms. The molecule has 0 saturated carbocycles. The maximum absolute atomic E-state index is 12.9. The van der Waals surface area contributed by atoms with Crippen molar-refractivity contribution in [3.63, 3.8) is 0 Å². The number of carbonyl (C=O) groups is 1. The number of aliphatic hydroxyl groups excluding tert-OH is 1. The molecule has 0 aliphatic carbocycles. The van der Waals surface area contributed by atoms with Gasteiger partial charge in [0.05, 0.1) is 12.8 Å². The summed E-state index contributed by atoms with van der Waals surface area (Å²) in [6.45, 7) is 3.68. The molecule has 0 bridgehead atoms. The summed E-state index contributed by atoms with van der Waals surface area (Å²) < 4.78 is 5.18. The van der Waals surface area contributed by atoms with Crippen molar-refractivity contribution >= 4 is 5.91 Å². The van der Waals surface area contributed by atoms with E-state index in [1.54, 1.807) is 12.1 Å². The van der Waals surface area contributed by atoms with Gasteiger partial charge in [-0.15, -0.1) is 0 Å². The van der Waals surface area contributed by atoms with Gasteiger partial charge in [0.25, 0.3) is 0 Å². The summed E-state index contributed by atoms with van der Waals surface area (Å²) in [5.74, 6) is 0.359. The number of hydrogen-bond acceptors (Lipinski definition) is 5. The largest absolute Gasteiger partial charge is 0.467 e. The van der Waals surface area contributed by atoms with Gasteiger partial charge in [0.15, 0.2) is 0 Å². The lowest BCUT2D eigenvalue weighted by molar-refractivity contribution is -0.128. The molecule has 2 unspecified atom stereocenters. The molecule has 134 valence electrons. The molecule has 2 aromatic rings. The van der Waals surface area contributed by atoms with E-state index < -0.39 is 6.10 Å². The lowest BCUT2D eigenvalue weighted by Crippen LogP contribution is -2.50. The summed E-state index contributed by atoms with van der Waals surface area (Å²) >= 11 is 0. The summed E-state index contributed by atoms with van der Waals surface area (Å²) in [5, 5.41) is 13.0. The molecular weight excluding hydrogens is 318 g/mol. The lowest BCUT2D eigenvalue weighted by Gasteiger charge is -2.37. The SMILES string of the molecule is CN1CCN(C(C(=O)NCC(O)c2ccco2)c2ccccc2)CC1. The molecule has 6 heteroatoms. The second-order valence-corrected chi connectivity index (χ2v) is 6.43. The van der Waals surface area contributed by atoms with E-state index in [-0.39, 0.29) is 18.5 Å². The quantitative estimate of drug-likeness (QED) is 0.830. The van der Waals surface area contributed by atoms with Crippen LogP contribution < -0.4 is 5.32 Å². The van der Waals surface area contributed by atoms with Crippen molar-refractivity contribution in [3.05, 3.63) is 60.1 Å². The molecule has 1 aliphatic rings.